The minimum absolute atomic E-state index is 0.227. The standard InChI is InChI=1S/C17H13Cl2FO3/c18-14-6-10(9-1-3-12(20)4-2-9)7-15(19)13(14)5-11-8-16(21)23-17(11)22/h1-4,6-7,11,16,21H,5,8H2/t11?,16-/m1/s1. The Hall–Kier alpha value is -1.62. The number of hydrogen-bond acceptors (Lipinski definition) is 3. The van der Waals surface area contributed by atoms with Crippen LogP contribution in [0.5, 0.6) is 0 Å². The van der Waals surface area contributed by atoms with Gasteiger partial charge in [-0.1, -0.05) is 35.3 Å². The lowest BCUT2D eigenvalue weighted by Gasteiger charge is -2.12. The summed E-state index contributed by atoms with van der Waals surface area (Å²) in [6, 6.07) is 9.46. The summed E-state index contributed by atoms with van der Waals surface area (Å²) in [5, 5.41) is 10.2. The molecule has 120 valence electrons. The van der Waals surface area contributed by atoms with Gasteiger partial charge in [0.1, 0.15) is 5.82 Å². The normalized spacial score (nSPS) is 20.6. The number of aliphatic hydroxyl groups is 1. The van der Waals surface area contributed by atoms with Crippen molar-refractivity contribution in [3.05, 3.63) is 57.8 Å². The van der Waals surface area contributed by atoms with Crippen molar-refractivity contribution in [2.75, 3.05) is 0 Å². The molecule has 2 atom stereocenters. The molecule has 3 rings (SSSR count). The van der Waals surface area contributed by atoms with Crippen LogP contribution in [-0.2, 0) is 16.0 Å². The number of cyclic esters (lactones) is 1. The summed E-state index contributed by atoms with van der Waals surface area (Å²) in [4.78, 5) is 11.6. The third-order valence-electron chi connectivity index (χ3n) is 3.84. The van der Waals surface area contributed by atoms with Crippen molar-refractivity contribution >= 4 is 29.2 Å². The van der Waals surface area contributed by atoms with Gasteiger partial charge in [-0.2, -0.15) is 0 Å². The number of rotatable bonds is 3. The first-order valence-corrected chi connectivity index (χ1v) is 7.82. The largest absolute Gasteiger partial charge is 0.436 e. The van der Waals surface area contributed by atoms with Gasteiger partial charge in [-0.15, -0.1) is 0 Å². The molecule has 0 aromatic heterocycles. The van der Waals surface area contributed by atoms with E-state index < -0.39 is 18.2 Å². The number of benzene rings is 2. The fourth-order valence-corrected chi connectivity index (χ4v) is 3.28. The van der Waals surface area contributed by atoms with Gasteiger partial charge in [0.05, 0.1) is 5.92 Å². The molecule has 0 amide bonds. The Morgan fingerprint density at radius 1 is 1.13 bits per heavy atom. The van der Waals surface area contributed by atoms with Crippen LogP contribution >= 0.6 is 23.2 Å². The molecule has 1 unspecified atom stereocenters. The molecule has 0 bridgehead atoms. The predicted octanol–water partition coefficient (Wildman–Crippen LogP) is 4.22. The van der Waals surface area contributed by atoms with E-state index in [0.29, 0.717) is 22.0 Å². The molecule has 6 heteroatoms. The number of ether oxygens (including phenoxy) is 1. The summed E-state index contributed by atoms with van der Waals surface area (Å²) >= 11 is 12.6. The maximum Gasteiger partial charge on any atom is 0.311 e. The Labute approximate surface area is 142 Å². The molecule has 1 saturated heterocycles. The lowest BCUT2D eigenvalue weighted by Crippen LogP contribution is -2.11. The molecule has 0 saturated carbocycles. The van der Waals surface area contributed by atoms with Crippen molar-refractivity contribution in [1.29, 1.82) is 0 Å². The van der Waals surface area contributed by atoms with Gasteiger partial charge in [0, 0.05) is 16.5 Å². The first kappa shape index (κ1) is 16.2. The van der Waals surface area contributed by atoms with Crippen LogP contribution in [0, 0.1) is 11.7 Å². The van der Waals surface area contributed by atoms with Crippen LogP contribution in [0.15, 0.2) is 36.4 Å². The van der Waals surface area contributed by atoms with Crippen LogP contribution in [0.3, 0.4) is 0 Å². The molecule has 0 radical (unpaired) electrons. The summed E-state index contributed by atoms with van der Waals surface area (Å²) in [6.45, 7) is 0. The van der Waals surface area contributed by atoms with E-state index in [9.17, 15) is 14.3 Å². The van der Waals surface area contributed by atoms with E-state index in [1.165, 1.54) is 12.1 Å². The Balaban J connectivity index is 1.89. The van der Waals surface area contributed by atoms with E-state index in [-0.39, 0.29) is 12.2 Å². The zero-order valence-electron chi connectivity index (χ0n) is 11.9. The van der Waals surface area contributed by atoms with Crippen molar-refractivity contribution in [3.63, 3.8) is 0 Å². The quantitative estimate of drug-likeness (QED) is 0.839. The molecule has 1 fully saturated rings. The summed E-state index contributed by atoms with van der Waals surface area (Å²) in [7, 11) is 0. The number of esters is 1. The Morgan fingerprint density at radius 2 is 1.74 bits per heavy atom. The Kier molecular flexibility index (Phi) is 4.57. The van der Waals surface area contributed by atoms with Crippen LogP contribution in [0.2, 0.25) is 10.0 Å². The highest BCUT2D eigenvalue weighted by molar-refractivity contribution is 6.36. The second-order valence-corrected chi connectivity index (χ2v) is 6.27. The van der Waals surface area contributed by atoms with Crippen LogP contribution in [0.25, 0.3) is 11.1 Å². The van der Waals surface area contributed by atoms with Gasteiger partial charge < -0.3 is 9.84 Å². The van der Waals surface area contributed by atoms with E-state index in [1.807, 2.05) is 0 Å². The highest BCUT2D eigenvalue weighted by atomic mass is 35.5. The zero-order chi connectivity index (χ0) is 16.6. The number of carbonyl (C=O) groups excluding carboxylic acids is 1. The zero-order valence-corrected chi connectivity index (χ0v) is 13.4. The minimum Gasteiger partial charge on any atom is -0.436 e. The molecule has 1 heterocycles. The lowest BCUT2D eigenvalue weighted by molar-refractivity contribution is -0.155. The van der Waals surface area contributed by atoms with Gasteiger partial charge in [-0.25, -0.2) is 4.39 Å². The third kappa shape index (κ3) is 3.50. The van der Waals surface area contributed by atoms with E-state index in [4.69, 9.17) is 27.9 Å². The summed E-state index contributed by atoms with van der Waals surface area (Å²) in [6.07, 6.45) is -0.536. The van der Waals surface area contributed by atoms with Gasteiger partial charge in [-0.05, 0) is 47.4 Å². The fraction of sp³-hybridized carbons (Fsp3) is 0.235. The van der Waals surface area contributed by atoms with Crippen molar-refractivity contribution in [3.8, 4) is 11.1 Å². The smallest absolute Gasteiger partial charge is 0.311 e. The molecular weight excluding hydrogens is 342 g/mol. The van der Waals surface area contributed by atoms with E-state index in [0.717, 1.165) is 11.1 Å². The fourth-order valence-electron chi connectivity index (χ4n) is 2.64. The molecule has 0 aliphatic carbocycles. The van der Waals surface area contributed by atoms with Crippen molar-refractivity contribution in [1.82, 2.24) is 0 Å². The molecule has 3 nitrogen and oxygen atoms in total. The van der Waals surface area contributed by atoms with E-state index >= 15 is 0 Å². The number of carbonyl (C=O) groups is 1. The lowest BCUT2D eigenvalue weighted by atomic mass is 9.95. The second-order valence-electron chi connectivity index (χ2n) is 5.45. The SMILES string of the molecule is O=C1O[C@@H](O)CC1Cc1c(Cl)cc(-c2ccc(F)cc2)cc1Cl. The highest BCUT2D eigenvalue weighted by Gasteiger charge is 2.34. The first-order valence-electron chi connectivity index (χ1n) is 7.06. The van der Waals surface area contributed by atoms with E-state index in [1.54, 1.807) is 24.3 Å². The Morgan fingerprint density at radius 3 is 2.26 bits per heavy atom. The molecule has 2 aromatic carbocycles. The van der Waals surface area contributed by atoms with Gasteiger partial charge in [0.2, 0.25) is 6.29 Å². The molecule has 2 aromatic rings. The average molecular weight is 355 g/mol. The monoisotopic (exact) mass is 354 g/mol. The molecule has 1 N–H and O–H groups in total. The van der Waals surface area contributed by atoms with E-state index in [2.05, 4.69) is 0 Å². The summed E-state index contributed by atoms with van der Waals surface area (Å²) < 4.78 is 17.7. The second kappa shape index (κ2) is 6.48. The van der Waals surface area contributed by atoms with Crippen molar-refractivity contribution in [2.24, 2.45) is 5.92 Å². The van der Waals surface area contributed by atoms with Crippen LogP contribution in [0.1, 0.15) is 12.0 Å². The number of aliphatic hydroxyl groups excluding tert-OH is 1. The average Bonchev–Trinajstić information content (AvgIpc) is 2.81. The van der Waals surface area contributed by atoms with Crippen molar-refractivity contribution < 1.29 is 19.0 Å². The van der Waals surface area contributed by atoms with Crippen LogP contribution < -0.4 is 0 Å². The minimum atomic E-state index is -1.07. The summed E-state index contributed by atoms with van der Waals surface area (Å²) in [5.74, 6) is -1.23. The number of hydrogen-bond donors (Lipinski definition) is 1. The highest BCUT2D eigenvalue weighted by Crippen LogP contribution is 2.35. The van der Waals surface area contributed by atoms with Gasteiger partial charge >= 0.3 is 5.97 Å². The maximum absolute atomic E-state index is 13.0. The maximum atomic E-state index is 13.0. The van der Waals surface area contributed by atoms with Crippen molar-refractivity contribution in [2.45, 2.75) is 19.1 Å². The van der Waals surface area contributed by atoms with Crippen LogP contribution in [0.4, 0.5) is 4.39 Å². The topological polar surface area (TPSA) is 46.5 Å². The first-order chi connectivity index (χ1) is 10.9. The summed E-state index contributed by atoms with van der Waals surface area (Å²) in [5.41, 5.74) is 2.19. The molecule has 0 spiro atoms. The van der Waals surface area contributed by atoms with Gasteiger partial charge in [0.15, 0.2) is 0 Å². The molecule has 23 heavy (non-hydrogen) atoms. The molecule has 1 aliphatic rings. The Bertz CT molecular complexity index is 723. The van der Waals surface area contributed by atoms with Crippen LogP contribution in [-0.4, -0.2) is 17.4 Å². The third-order valence-corrected chi connectivity index (χ3v) is 4.52. The molecular formula is C17H13Cl2FO3. The molecule has 1 aliphatic heterocycles. The van der Waals surface area contributed by atoms with Gasteiger partial charge in [0.25, 0.3) is 0 Å². The number of halogens is 3. The van der Waals surface area contributed by atoms with Gasteiger partial charge in [-0.3, -0.25) is 4.79 Å². The predicted molar refractivity (Wildman–Crippen MR) is 85.8 cm³/mol.